The topological polar surface area (TPSA) is 55.4 Å². The summed E-state index contributed by atoms with van der Waals surface area (Å²) in [5.74, 6) is 0.258. The molecule has 1 rings (SSSR count). The van der Waals surface area contributed by atoms with Crippen LogP contribution in [0.4, 0.5) is 0 Å². The lowest BCUT2D eigenvalue weighted by molar-refractivity contribution is 0.0615. The molecule has 0 bridgehead atoms. The SMILES string of the molecule is CCCNCC1(CCS(C)(=O)=O)CCOC1C. The fourth-order valence-corrected chi connectivity index (χ4v) is 3.15. The van der Waals surface area contributed by atoms with Crippen molar-refractivity contribution in [3.8, 4) is 0 Å². The minimum absolute atomic E-state index is 0.00174. The fourth-order valence-electron chi connectivity index (χ4n) is 2.37. The Morgan fingerprint density at radius 1 is 1.47 bits per heavy atom. The number of sulfone groups is 1. The zero-order chi connectivity index (χ0) is 12.9. The minimum Gasteiger partial charge on any atom is -0.378 e. The van der Waals surface area contributed by atoms with Gasteiger partial charge in [-0.2, -0.15) is 0 Å². The average molecular weight is 263 g/mol. The molecular weight excluding hydrogens is 238 g/mol. The quantitative estimate of drug-likeness (QED) is 0.702. The van der Waals surface area contributed by atoms with Gasteiger partial charge in [-0.15, -0.1) is 0 Å². The maximum atomic E-state index is 11.3. The smallest absolute Gasteiger partial charge is 0.147 e. The van der Waals surface area contributed by atoms with E-state index in [1.54, 1.807) is 0 Å². The molecule has 1 aliphatic heterocycles. The molecule has 1 fully saturated rings. The summed E-state index contributed by atoms with van der Waals surface area (Å²) in [5, 5.41) is 3.41. The lowest BCUT2D eigenvalue weighted by Gasteiger charge is -2.32. The van der Waals surface area contributed by atoms with Crippen molar-refractivity contribution in [1.29, 1.82) is 0 Å². The van der Waals surface area contributed by atoms with Gasteiger partial charge in [0.1, 0.15) is 9.84 Å². The molecule has 0 amide bonds. The zero-order valence-electron chi connectivity index (χ0n) is 11.2. The van der Waals surface area contributed by atoms with Crippen molar-refractivity contribution in [2.45, 2.75) is 39.2 Å². The van der Waals surface area contributed by atoms with Gasteiger partial charge in [0.05, 0.1) is 11.9 Å². The van der Waals surface area contributed by atoms with Gasteiger partial charge in [-0.05, 0) is 32.7 Å². The fraction of sp³-hybridized carbons (Fsp3) is 1.00. The Balaban J connectivity index is 2.59. The number of hydrogen-bond acceptors (Lipinski definition) is 4. The van der Waals surface area contributed by atoms with E-state index in [1.165, 1.54) is 6.26 Å². The molecule has 0 aliphatic carbocycles. The Morgan fingerprint density at radius 2 is 2.18 bits per heavy atom. The van der Waals surface area contributed by atoms with Gasteiger partial charge in [0.25, 0.3) is 0 Å². The standard InChI is InChI=1S/C12H25NO3S/c1-4-7-13-10-12(5-8-16-11(12)2)6-9-17(3,14)15/h11,13H,4-10H2,1-3H3. The highest BCUT2D eigenvalue weighted by molar-refractivity contribution is 7.90. The molecule has 102 valence electrons. The molecule has 0 aromatic heterocycles. The number of ether oxygens (including phenoxy) is 1. The van der Waals surface area contributed by atoms with Crippen molar-refractivity contribution >= 4 is 9.84 Å². The van der Waals surface area contributed by atoms with Crippen LogP contribution in [0, 0.1) is 5.41 Å². The molecule has 1 heterocycles. The Morgan fingerprint density at radius 3 is 2.65 bits per heavy atom. The number of nitrogens with one attached hydrogen (secondary N) is 1. The molecule has 2 atom stereocenters. The van der Waals surface area contributed by atoms with Crippen LogP contribution < -0.4 is 5.32 Å². The molecule has 1 N–H and O–H groups in total. The van der Waals surface area contributed by atoms with Crippen molar-refractivity contribution < 1.29 is 13.2 Å². The largest absolute Gasteiger partial charge is 0.378 e. The van der Waals surface area contributed by atoms with Crippen molar-refractivity contribution in [3.63, 3.8) is 0 Å². The summed E-state index contributed by atoms with van der Waals surface area (Å²) in [7, 11) is -2.89. The second-order valence-electron chi connectivity index (χ2n) is 5.18. The summed E-state index contributed by atoms with van der Waals surface area (Å²) in [5.41, 5.74) is -0.00174. The normalized spacial score (nSPS) is 29.7. The van der Waals surface area contributed by atoms with Gasteiger partial charge in [0, 0.05) is 24.8 Å². The van der Waals surface area contributed by atoms with E-state index in [9.17, 15) is 8.42 Å². The lowest BCUT2D eigenvalue weighted by atomic mass is 9.79. The molecule has 0 aromatic rings. The lowest BCUT2D eigenvalue weighted by Crippen LogP contribution is -2.41. The number of hydrogen-bond donors (Lipinski definition) is 1. The van der Waals surface area contributed by atoms with Crippen molar-refractivity contribution in [2.24, 2.45) is 5.41 Å². The third-order valence-corrected chi connectivity index (χ3v) is 4.65. The summed E-state index contributed by atoms with van der Waals surface area (Å²) in [6.07, 6.45) is 4.20. The third kappa shape index (κ3) is 4.56. The second kappa shape index (κ2) is 6.16. The second-order valence-corrected chi connectivity index (χ2v) is 7.44. The van der Waals surface area contributed by atoms with E-state index < -0.39 is 9.84 Å². The Kier molecular flexibility index (Phi) is 5.41. The summed E-state index contributed by atoms with van der Waals surface area (Å²) in [6.45, 7) is 6.78. The predicted octanol–water partition coefficient (Wildman–Crippen LogP) is 1.22. The van der Waals surface area contributed by atoms with E-state index in [0.717, 1.165) is 32.5 Å². The van der Waals surface area contributed by atoms with Gasteiger partial charge in [0.2, 0.25) is 0 Å². The minimum atomic E-state index is -2.89. The van der Waals surface area contributed by atoms with E-state index in [2.05, 4.69) is 19.2 Å². The van der Waals surface area contributed by atoms with E-state index in [0.29, 0.717) is 6.42 Å². The van der Waals surface area contributed by atoms with Crippen LogP contribution in [0.2, 0.25) is 0 Å². The van der Waals surface area contributed by atoms with E-state index in [1.807, 2.05) is 0 Å². The van der Waals surface area contributed by atoms with E-state index in [-0.39, 0.29) is 17.3 Å². The van der Waals surface area contributed by atoms with Crippen LogP contribution in [0.1, 0.15) is 33.1 Å². The van der Waals surface area contributed by atoms with Crippen LogP contribution in [-0.4, -0.2) is 46.2 Å². The predicted molar refractivity (Wildman–Crippen MR) is 70.0 cm³/mol. The monoisotopic (exact) mass is 263 g/mol. The first-order valence-corrected chi connectivity index (χ1v) is 8.46. The van der Waals surface area contributed by atoms with Gasteiger partial charge in [-0.1, -0.05) is 6.92 Å². The molecule has 0 radical (unpaired) electrons. The zero-order valence-corrected chi connectivity index (χ0v) is 12.0. The van der Waals surface area contributed by atoms with E-state index in [4.69, 9.17) is 4.74 Å². The highest BCUT2D eigenvalue weighted by Crippen LogP contribution is 2.38. The highest BCUT2D eigenvalue weighted by atomic mass is 32.2. The summed E-state index contributed by atoms with van der Waals surface area (Å²) in [4.78, 5) is 0. The first-order chi connectivity index (χ1) is 7.90. The van der Waals surface area contributed by atoms with E-state index >= 15 is 0 Å². The molecule has 0 aromatic carbocycles. The number of rotatable bonds is 7. The molecular formula is C12H25NO3S. The first kappa shape index (κ1) is 14.9. The van der Waals surface area contributed by atoms with Crippen LogP contribution in [0.25, 0.3) is 0 Å². The van der Waals surface area contributed by atoms with Crippen molar-refractivity contribution in [3.05, 3.63) is 0 Å². The molecule has 2 unspecified atom stereocenters. The summed E-state index contributed by atoms with van der Waals surface area (Å²) in [6, 6.07) is 0. The van der Waals surface area contributed by atoms with Crippen molar-refractivity contribution in [2.75, 3.05) is 31.7 Å². The maximum Gasteiger partial charge on any atom is 0.147 e. The molecule has 0 saturated carbocycles. The molecule has 1 aliphatic rings. The summed E-state index contributed by atoms with van der Waals surface area (Å²) >= 11 is 0. The molecule has 17 heavy (non-hydrogen) atoms. The average Bonchev–Trinajstić information content (AvgIpc) is 2.58. The van der Waals surface area contributed by atoms with Crippen LogP contribution in [-0.2, 0) is 14.6 Å². The van der Waals surface area contributed by atoms with Gasteiger partial charge in [0.15, 0.2) is 0 Å². The van der Waals surface area contributed by atoms with Crippen LogP contribution in [0.15, 0.2) is 0 Å². The Bertz CT molecular complexity index is 329. The summed E-state index contributed by atoms with van der Waals surface area (Å²) < 4.78 is 28.2. The van der Waals surface area contributed by atoms with Gasteiger partial charge < -0.3 is 10.1 Å². The van der Waals surface area contributed by atoms with Gasteiger partial charge >= 0.3 is 0 Å². The maximum absolute atomic E-state index is 11.3. The first-order valence-electron chi connectivity index (χ1n) is 6.40. The molecule has 1 saturated heterocycles. The van der Waals surface area contributed by atoms with Gasteiger partial charge in [-0.25, -0.2) is 8.42 Å². The molecule has 0 spiro atoms. The Labute approximate surface area is 105 Å². The third-order valence-electron chi connectivity index (χ3n) is 3.70. The van der Waals surface area contributed by atoms with Crippen LogP contribution in [0.5, 0.6) is 0 Å². The van der Waals surface area contributed by atoms with Crippen molar-refractivity contribution in [1.82, 2.24) is 5.32 Å². The van der Waals surface area contributed by atoms with Crippen LogP contribution in [0.3, 0.4) is 0 Å². The van der Waals surface area contributed by atoms with Gasteiger partial charge in [-0.3, -0.25) is 0 Å². The highest BCUT2D eigenvalue weighted by Gasteiger charge is 2.41. The molecule has 4 nitrogen and oxygen atoms in total. The Hall–Kier alpha value is -0.130. The van der Waals surface area contributed by atoms with Crippen LogP contribution >= 0.6 is 0 Å². The molecule has 5 heteroatoms.